The summed E-state index contributed by atoms with van der Waals surface area (Å²) < 4.78 is 19.3. The number of nitrogens with zero attached hydrogens (tertiary/aromatic N) is 2. The van der Waals surface area contributed by atoms with E-state index in [1.54, 1.807) is 12.1 Å². The van der Waals surface area contributed by atoms with Gasteiger partial charge in [-0.3, -0.25) is 19.0 Å². The number of nitrogens with one attached hydrogen (secondary N) is 1. The van der Waals surface area contributed by atoms with Crippen LogP contribution in [-0.2, 0) is 20.9 Å². The number of hydrogen-bond donors (Lipinski definition) is 1. The maximum atomic E-state index is 13.1. The lowest BCUT2D eigenvalue weighted by molar-refractivity contribution is -0.147. The highest BCUT2D eigenvalue weighted by atomic mass is 19.1. The van der Waals surface area contributed by atoms with Gasteiger partial charge in [0.2, 0.25) is 0 Å². The molecule has 0 aliphatic carbocycles. The van der Waals surface area contributed by atoms with E-state index in [0.717, 1.165) is 11.6 Å². The number of aromatic nitrogens is 2. The van der Waals surface area contributed by atoms with Crippen molar-refractivity contribution in [2.24, 2.45) is 0 Å². The number of para-hydroxylation sites is 1. The normalized spacial score (nSPS) is 10.6. The van der Waals surface area contributed by atoms with Crippen LogP contribution in [0.3, 0.4) is 0 Å². The van der Waals surface area contributed by atoms with Crippen molar-refractivity contribution >= 4 is 28.5 Å². The highest BCUT2D eigenvalue weighted by molar-refractivity contribution is 5.92. The molecule has 0 saturated heterocycles. The van der Waals surface area contributed by atoms with E-state index in [2.05, 4.69) is 10.3 Å². The summed E-state index contributed by atoms with van der Waals surface area (Å²) in [4.78, 5) is 40.3. The molecule has 0 bridgehead atoms. The van der Waals surface area contributed by atoms with E-state index in [9.17, 15) is 18.8 Å². The van der Waals surface area contributed by atoms with E-state index < -0.39 is 24.3 Å². The van der Waals surface area contributed by atoms with Gasteiger partial charge < -0.3 is 10.1 Å². The summed E-state index contributed by atoms with van der Waals surface area (Å²) >= 11 is 0. The van der Waals surface area contributed by atoms with Gasteiger partial charge in [0.25, 0.3) is 11.5 Å². The molecular weight excluding hydrogens is 365 g/mol. The fourth-order valence-electron chi connectivity index (χ4n) is 2.69. The van der Waals surface area contributed by atoms with Crippen LogP contribution in [0.15, 0.2) is 53.6 Å². The number of aryl methyl sites for hydroxylation is 2. The van der Waals surface area contributed by atoms with Gasteiger partial charge in [-0.2, -0.15) is 0 Å². The zero-order valence-electron chi connectivity index (χ0n) is 15.1. The maximum absolute atomic E-state index is 13.1. The number of carbonyl (C=O) groups is 2. The molecule has 1 heterocycles. The quantitative estimate of drug-likeness (QED) is 0.660. The summed E-state index contributed by atoms with van der Waals surface area (Å²) in [5.74, 6) is -1.70. The lowest BCUT2D eigenvalue weighted by Gasteiger charge is -2.09. The number of rotatable bonds is 6. The van der Waals surface area contributed by atoms with E-state index >= 15 is 0 Å². The highest BCUT2D eigenvalue weighted by Gasteiger charge is 2.11. The van der Waals surface area contributed by atoms with Crippen LogP contribution in [0.25, 0.3) is 10.9 Å². The number of ether oxygens (including phenoxy) is 1. The molecule has 8 heteroatoms. The van der Waals surface area contributed by atoms with Crippen molar-refractivity contribution in [3.63, 3.8) is 0 Å². The Morgan fingerprint density at radius 3 is 2.79 bits per heavy atom. The molecule has 144 valence electrons. The minimum atomic E-state index is -0.634. The van der Waals surface area contributed by atoms with E-state index in [1.807, 2.05) is 13.0 Å². The van der Waals surface area contributed by atoms with Gasteiger partial charge in [-0.15, -0.1) is 0 Å². The highest BCUT2D eigenvalue weighted by Crippen LogP contribution is 2.11. The minimum absolute atomic E-state index is 0.0834. The third kappa shape index (κ3) is 4.59. The maximum Gasteiger partial charge on any atom is 0.308 e. The third-order valence-corrected chi connectivity index (χ3v) is 4.08. The summed E-state index contributed by atoms with van der Waals surface area (Å²) in [6.45, 7) is 1.45. The first-order chi connectivity index (χ1) is 13.4. The summed E-state index contributed by atoms with van der Waals surface area (Å²) in [7, 11) is 0. The number of halogens is 1. The molecule has 0 atom stereocenters. The summed E-state index contributed by atoms with van der Waals surface area (Å²) in [6, 6.07) is 10.7. The van der Waals surface area contributed by atoms with Crippen LogP contribution >= 0.6 is 0 Å². The van der Waals surface area contributed by atoms with Crippen molar-refractivity contribution in [2.45, 2.75) is 19.9 Å². The van der Waals surface area contributed by atoms with Crippen molar-refractivity contribution in [2.75, 3.05) is 11.9 Å². The second-order valence-electron chi connectivity index (χ2n) is 6.18. The largest absolute Gasteiger partial charge is 0.456 e. The number of hydrogen-bond acceptors (Lipinski definition) is 5. The Morgan fingerprint density at radius 2 is 2.00 bits per heavy atom. The van der Waals surface area contributed by atoms with Gasteiger partial charge in [-0.25, -0.2) is 9.37 Å². The Labute approximate surface area is 159 Å². The van der Waals surface area contributed by atoms with Gasteiger partial charge in [-0.1, -0.05) is 18.2 Å². The lowest BCUT2D eigenvalue weighted by Crippen LogP contribution is -2.24. The molecule has 0 radical (unpaired) electrons. The SMILES string of the molecule is Cc1cccc2c(=O)n(CCC(=O)OCC(=O)Nc3cccc(F)c3)cnc12. The molecule has 3 aromatic rings. The number of benzene rings is 2. The standard InChI is InChI=1S/C20H18FN3O4/c1-13-4-2-7-16-19(13)22-12-24(20(16)27)9-8-18(26)28-11-17(25)23-15-6-3-5-14(21)10-15/h2-7,10,12H,8-9,11H2,1H3,(H,23,25). The van der Waals surface area contributed by atoms with Crippen molar-refractivity contribution < 1.29 is 18.7 Å². The Kier molecular flexibility index (Phi) is 5.78. The van der Waals surface area contributed by atoms with Gasteiger partial charge in [0.1, 0.15) is 5.82 Å². The van der Waals surface area contributed by atoms with Gasteiger partial charge in [0.05, 0.1) is 23.7 Å². The second kappa shape index (κ2) is 8.43. The summed E-state index contributed by atoms with van der Waals surface area (Å²) in [5.41, 5.74) is 1.54. The van der Waals surface area contributed by atoms with Gasteiger partial charge in [0.15, 0.2) is 6.61 Å². The second-order valence-corrected chi connectivity index (χ2v) is 6.18. The van der Waals surface area contributed by atoms with Crippen molar-refractivity contribution in [3.05, 3.63) is 70.5 Å². The molecule has 0 aliphatic rings. The average Bonchev–Trinajstić information content (AvgIpc) is 2.66. The number of carbonyl (C=O) groups excluding carboxylic acids is 2. The molecule has 1 N–H and O–H groups in total. The molecule has 0 fully saturated rings. The molecule has 3 rings (SSSR count). The zero-order chi connectivity index (χ0) is 20.1. The topological polar surface area (TPSA) is 90.3 Å². The molecule has 7 nitrogen and oxygen atoms in total. The lowest BCUT2D eigenvalue weighted by atomic mass is 10.1. The predicted molar refractivity (Wildman–Crippen MR) is 101 cm³/mol. The molecular formula is C20H18FN3O4. The Bertz CT molecular complexity index is 1090. The third-order valence-electron chi connectivity index (χ3n) is 4.08. The average molecular weight is 383 g/mol. The smallest absolute Gasteiger partial charge is 0.308 e. The van der Waals surface area contributed by atoms with E-state index in [0.29, 0.717) is 10.9 Å². The molecule has 0 aliphatic heterocycles. The molecule has 28 heavy (non-hydrogen) atoms. The van der Waals surface area contributed by atoms with Crippen LogP contribution in [0.2, 0.25) is 0 Å². The van der Waals surface area contributed by atoms with Crippen LogP contribution in [0.1, 0.15) is 12.0 Å². The van der Waals surface area contributed by atoms with Crippen molar-refractivity contribution in [1.82, 2.24) is 9.55 Å². The molecule has 0 saturated carbocycles. The Balaban J connectivity index is 1.53. The molecule has 0 spiro atoms. The van der Waals surface area contributed by atoms with Crippen LogP contribution < -0.4 is 10.9 Å². The van der Waals surface area contributed by atoms with Crippen LogP contribution in [0, 0.1) is 12.7 Å². The van der Waals surface area contributed by atoms with Gasteiger partial charge in [0, 0.05) is 12.2 Å². The number of anilines is 1. The fraction of sp³-hybridized carbons (Fsp3) is 0.200. The Hall–Kier alpha value is -3.55. The fourth-order valence-corrected chi connectivity index (χ4v) is 2.69. The molecule has 0 unspecified atom stereocenters. The summed E-state index contributed by atoms with van der Waals surface area (Å²) in [5, 5.41) is 2.90. The van der Waals surface area contributed by atoms with Gasteiger partial charge >= 0.3 is 5.97 Å². The molecule has 1 amide bonds. The molecule has 1 aromatic heterocycles. The van der Waals surface area contributed by atoms with E-state index in [4.69, 9.17) is 4.74 Å². The Morgan fingerprint density at radius 1 is 1.21 bits per heavy atom. The van der Waals surface area contributed by atoms with Crippen LogP contribution in [0.4, 0.5) is 10.1 Å². The zero-order valence-corrected chi connectivity index (χ0v) is 15.1. The van der Waals surface area contributed by atoms with Crippen LogP contribution in [0.5, 0.6) is 0 Å². The number of esters is 1. The van der Waals surface area contributed by atoms with Crippen LogP contribution in [-0.4, -0.2) is 28.0 Å². The first-order valence-electron chi connectivity index (χ1n) is 8.60. The summed E-state index contributed by atoms with van der Waals surface area (Å²) in [6.07, 6.45) is 1.30. The first kappa shape index (κ1) is 19.2. The van der Waals surface area contributed by atoms with Gasteiger partial charge in [-0.05, 0) is 36.8 Å². The molecule has 2 aromatic carbocycles. The van der Waals surface area contributed by atoms with E-state index in [-0.39, 0.29) is 24.2 Å². The monoisotopic (exact) mass is 383 g/mol. The first-order valence-corrected chi connectivity index (χ1v) is 8.60. The van der Waals surface area contributed by atoms with Crippen molar-refractivity contribution in [3.8, 4) is 0 Å². The number of amides is 1. The van der Waals surface area contributed by atoms with Crippen molar-refractivity contribution in [1.29, 1.82) is 0 Å². The van der Waals surface area contributed by atoms with E-state index in [1.165, 1.54) is 29.1 Å². The minimum Gasteiger partial charge on any atom is -0.456 e. The predicted octanol–water partition coefficient (Wildman–Crippen LogP) is 2.42. The number of fused-ring (bicyclic) bond motifs is 1.